The van der Waals surface area contributed by atoms with Crippen LogP contribution in [0.5, 0.6) is 5.75 Å². The lowest BCUT2D eigenvalue weighted by atomic mass is 10.3. The van der Waals surface area contributed by atoms with Gasteiger partial charge in [0.2, 0.25) is 10.0 Å². The van der Waals surface area contributed by atoms with Crippen molar-refractivity contribution in [3.63, 3.8) is 0 Å². The smallest absolute Gasteiger partial charge is 0.248 e. The minimum atomic E-state index is -3.83. The van der Waals surface area contributed by atoms with Crippen molar-refractivity contribution in [2.45, 2.75) is 12.2 Å². The maximum Gasteiger partial charge on any atom is 0.248 e. The van der Waals surface area contributed by atoms with Crippen molar-refractivity contribution in [3.8, 4) is 11.8 Å². The van der Waals surface area contributed by atoms with Gasteiger partial charge < -0.3 is 5.11 Å². The second-order valence-electron chi connectivity index (χ2n) is 3.08. The van der Waals surface area contributed by atoms with Crippen LogP contribution in [0, 0.1) is 11.3 Å². The Morgan fingerprint density at radius 1 is 1.56 bits per heavy atom. The third-order valence-corrected chi connectivity index (χ3v) is 3.63. The lowest BCUT2D eigenvalue weighted by Crippen LogP contribution is -2.23. The van der Waals surface area contributed by atoms with Gasteiger partial charge in [-0.1, -0.05) is 11.6 Å². The number of nitriles is 1. The van der Waals surface area contributed by atoms with Crippen LogP contribution in [0.15, 0.2) is 18.2 Å². The minimum Gasteiger partial charge on any atom is -0.506 e. The second kappa shape index (κ2) is 4.60. The standard InChI is InChI=1S/C9H9ClN2O3S/c1-6(5-11)16(14,15)12-8-4-7(10)2-3-9(8)13/h2-4,6,12-13H,1H3. The molecule has 0 aromatic heterocycles. The third kappa shape index (κ3) is 2.78. The van der Waals surface area contributed by atoms with Crippen molar-refractivity contribution in [2.24, 2.45) is 0 Å². The van der Waals surface area contributed by atoms with Crippen LogP contribution in [0.25, 0.3) is 0 Å². The van der Waals surface area contributed by atoms with E-state index >= 15 is 0 Å². The topological polar surface area (TPSA) is 90.2 Å². The highest BCUT2D eigenvalue weighted by atomic mass is 35.5. The maximum atomic E-state index is 11.5. The zero-order chi connectivity index (χ0) is 12.3. The SMILES string of the molecule is CC(C#N)S(=O)(=O)Nc1cc(Cl)ccc1O. The molecule has 0 radical (unpaired) electrons. The van der Waals surface area contributed by atoms with Gasteiger partial charge in [-0.15, -0.1) is 0 Å². The van der Waals surface area contributed by atoms with E-state index in [1.54, 1.807) is 6.07 Å². The van der Waals surface area contributed by atoms with Gasteiger partial charge in [0, 0.05) is 5.02 Å². The molecule has 1 unspecified atom stereocenters. The molecule has 1 atom stereocenters. The maximum absolute atomic E-state index is 11.5. The van der Waals surface area contributed by atoms with Crippen molar-refractivity contribution in [2.75, 3.05) is 4.72 Å². The van der Waals surface area contributed by atoms with Crippen LogP contribution in [-0.2, 0) is 10.0 Å². The van der Waals surface area contributed by atoms with Crippen LogP contribution in [0.3, 0.4) is 0 Å². The summed E-state index contributed by atoms with van der Waals surface area (Å²) < 4.78 is 25.1. The molecule has 0 aliphatic rings. The molecule has 7 heteroatoms. The van der Waals surface area contributed by atoms with Crippen molar-refractivity contribution in [3.05, 3.63) is 23.2 Å². The summed E-state index contributed by atoms with van der Waals surface area (Å²) in [6.45, 7) is 1.24. The zero-order valence-corrected chi connectivity index (χ0v) is 9.88. The van der Waals surface area contributed by atoms with Gasteiger partial charge >= 0.3 is 0 Å². The molecule has 0 spiro atoms. The Morgan fingerprint density at radius 2 is 2.19 bits per heavy atom. The van der Waals surface area contributed by atoms with Crippen LogP contribution in [0.4, 0.5) is 5.69 Å². The molecule has 1 rings (SSSR count). The number of halogens is 1. The Bertz CT molecular complexity index is 536. The van der Waals surface area contributed by atoms with Crippen LogP contribution < -0.4 is 4.72 Å². The van der Waals surface area contributed by atoms with Gasteiger partial charge in [-0.3, -0.25) is 4.72 Å². The molecule has 0 saturated heterocycles. The number of phenols is 1. The summed E-state index contributed by atoms with van der Waals surface area (Å²) in [6.07, 6.45) is 0. The van der Waals surface area contributed by atoms with E-state index in [4.69, 9.17) is 16.9 Å². The summed E-state index contributed by atoms with van der Waals surface area (Å²) in [6, 6.07) is 5.54. The fourth-order valence-corrected chi connectivity index (χ4v) is 1.86. The summed E-state index contributed by atoms with van der Waals surface area (Å²) in [7, 11) is -3.83. The first kappa shape index (κ1) is 12.6. The molecule has 0 heterocycles. The molecule has 0 aliphatic heterocycles. The Morgan fingerprint density at radius 3 is 2.75 bits per heavy atom. The normalized spacial score (nSPS) is 12.8. The highest BCUT2D eigenvalue weighted by Crippen LogP contribution is 2.27. The second-order valence-corrected chi connectivity index (χ2v) is 5.52. The van der Waals surface area contributed by atoms with Crippen LogP contribution in [-0.4, -0.2) is 18.8 Å². The molecule has 0 fully saturated rings. The van der Waals surface area contributed by atoms with E-state index in [1.165, 1.54) is 25.1 Å². The number of aromatic hydroxyl groups is 1. The number of rotatable bonds is 3. The van der Waals surface area contributed by atoms with Crippen molar-refractivity contribution < 1.29 is 13.5 Å². The minimum absolute atomic E-state index is 0.0467. The van der Waals surface area contributed by atoms with E-state index in [2.05, 4.69) is 4.72 Å². The molecule has 1 aromatic carbocycles. The number of hydrogen-bond donors (Lipinski definition) is 2. The van der Waals surface area contributed by atoms with Crippen LogP contribution in [0.2, 0.25) is 5.02 Å². The van der Waals surface area contributed by atoms with Gasteiger partial charge in [-0.25, -0.2) is 8.42 Å². The summed E-state index contributed by atoms with van der Waals surface area (Å²) in [5.74, 6) is -0.252. The van der Waals surface area contributed by atoms with Crippen LogP contribution in [0.1, 0.15) is 6.92 Å². The molecule has 0 aliphatic carbocycles. The summed E-state index contributed by atoms with van der Waals surface area (Å²) in [4.78, 5) is 0. The Labute approximate surface area is 98.3 Å². The van der Waals surface area contributed by atoms with Gasteiger partial charge in [0.05, 0.1) is 11.8 Å². The van der Waals surface area contributed by atoms with Crippen molar-refractivity contribution in [1.82, 2.24) is 0 Å². The fraction of sp³-hybridized carbons (Fsp3) is 0.222. The van der Waals surface area contributed by atoms with Crippen LogP contribution >= 0.6 is 11.6 Å². The van der Waals surface area contributed by atoms with E-state index in [0.717, 1.165) is 0 Å². The first-order chi connectivity index (χ1) is 7.36. The first-order valence-corrected chi connectivity index (χ1v) is 6.19. The van der Waals surface area contributed by atoms with E-state index in [9.17, 15) is 13.5 Å². The zero-order valence-electron chi connectivity index (χ0n) is 8.31. The summed E-state index contributed by atoms with van der Waals surface area (Å²) >= 11 is 5.65. The van der Waals surface area contributed by atoms with Gasteiger partial charge in [0.15, 0.2) is 5.25 Å². The quantitative estimate of drug-likeness (QED) is 0.810. The first-order valence-electron chi connectivity index (χ1n) is 4.26. The number of nitrogens with zero attached hydrogens (tertiary/aromatic N) is 1. The molecule has 86 valence electrons. The van der Waals surface area contributed by atoms with E-state index in [1.807, 2.05) is 0 Å². The Hall–Kier alpha value is -1.45. The molecule has 5 nitrogen and oxygen atoms in total. The number of anilines is 1. The average Bonchev–Trinajstić information content (AvgIpc) is 2.22. The molecule has 0 bridgehead atoms. The van der Waals surface area contributed by atoms with Gasteiger partial charge in [0.1, 0.15) is 5.75 Å². The predicted molar refractivity (Wildman–Crippen MR) is 60.7 cm³/mol. The highest BCUT2D eigenvalue weighted by molar-refractivity contribution is 7.93. The lowest BCUT2D eigenvalue weighted by molar-refractivity contribution is 0.477. The molecular weight excluding hydrogens is 252 g/mol. The van der Waals surface area contributed by atoms with E-state index in [0.29, 0.717) is 0 Å². The Balaban J connectivity index is 3.07. The van der Waals surface area contributed by atoms with Gasteiger partial charge in [0.25, 0.3) is 0 Å². The molecule has 0 saturated carbocycles. The number of nitrogens with one attached hydrogen (secondary N) is 1. The third-order valence-electron chi connectivity index (χ3n) is 1.86. The number of benzene rings is 1. The van der Waals surface area contributed by atoms with E-state index in [-0.39, 0.29) is 16.5 Å². The number of phenolic OH excluding ortho intramolecular Hbond substituents is 1. The predicted octanol–water partition coefficient (Wildman–Crippen LogP) is 1.70. The largest absolute Gasteiger partial charge is 0.506 e. The molecule has 16 heavy (non-hydrogen) atoms. The van der Waals surface area contributed by atoms with Gasteiger partial charge in [-0.05, 0) is 25.1 Å². The molecule has 1 aromatic rings. The molecular formula is C9H9ClN2O3S. The summed E-state index contributed by atoms with van der Waals surface area (Å²) in [5, 5.41) is 17.0. The monoisotopic (exact) mass is 260 g/mol. The van der Waals surface area contributed by atoms with E-state index < -0.39 is 15.3 Å². The fourth-order valence-electron chi connectivity index (χ4n) is 0.901. The molecule has 2 N–H and O–H groups in total. The van der Waals surface area contributed by atoms with Crippen molar-refractivity contribution >= 4 is 27.3 Å². The number of sulfonamides is 1. The highest BCUT2D eigenvalue weighted by Gasteiger charge is 2.21. The number of hydrogen-bond acceptors (Lipinski definition) is 4. The van der Waals surface area contributed by atoms with Gasteiger partial charge in [-0.2, -0.15) is 5.26 Å². The lowest BCUT2D eigenvalue weighted by Gasteiger charge is -2.10. The van der Waals surface area contributed by atoms with Crippen molar-refractivity contribution in [1.29, 1.82) is 5.26 Å². The Kier molecular flexibility index (Phi) is 3.62. The average molecular weight is 261 g/mol. The molecule has 0 amide bonds. The summed E-state index contributed by atoms with van der Waals surface area (Å²) in [5.41, 5.74) is -0.0467.